The number of piperazine rings is 1. The van der Waals surface area contributed by atoms with Gasteiger partial charge >= 0.3 is 0 Å². The molecule has 0 saturated carbocycles. The molecule has 0 radical (unpaired) electrons. The second-order valence-corrected chi connectivity index (χ2v) is 8.29. The van der Waals surface area contributed by atoms with E-state index in [1.54, 1.807) is 21.3 Å². The molecule has 1 aliphatic heterocycles. The first-order chi connectivity index (χ1) is 16.0. The van der Waals surface area contributed by atoms with Gasteiger partial charge in [0.1, 0.15) is 11.5 Å². The number of carbonyl (C=O) groups excluding carboxylic acids is 1. The van der Waals surface area contributed by atoms with Crippen molar-refractivity contribution in [1.29, 1.82) is 0 Å². The summed E-state index contributed by atoms with van der Waals surface area (Å²) < 4.78 is 16.6. The summed E-state index contributed by atoms with van der Waals surface area (Å²) in [7, 11) is 4.97. The molecule has 1 aliphatic rings. The molecule has 2 aromatic carbocycles. The summed E-state index contributed by atoms with van der Waals surface area (Å²) >= 11 is 0. The SMILES string of the molecule is C=C(C(=O)CC(OC)C(c1ccc(OC)cc1)c1ccc(OC)cc1)N1CCN(CC)CC1. The third-order valence-corrected chi connectivity index (χ3v) is 6.53. The average Bonchev–Trinajstić information content (AvgIpc) is 2.88. The lowest BCUT2D eigenvalue weighted by Gasteiger charge is -2.36. The van der Waals surface area contributed by atoms with Crippen LogP contribution in [0.4, 0.5) is 0 Å². The standard InChI is InChI=1S/C27H36N2O4/c1-6-28-15-17-29(18-16-28)20(2)25(30)19-26(33-5)27(21-7-11-23(31-3)12-8-21)22-9-13-24(32-4)14-10-22/h7-14,26-27H,2,6,15-19H2,1,3-5H3. The fraction of sp³-hybridized carbons (Fsp3) is 0.444. The Labute approximate surface area is 197 Å². The van der Waals surface area contributed by atoms with Crippen LogP contribution in [-0.4, -0.2) is 75.7 Å². The van der Waals surface area contributed by atoms with Crippen LogP contribution < -0.4 is 9.47 Å². The number of hydrogen-bond acceptors (Lipinski definition) is 6. The first-order valence-electron chi connectivity index (χ1n) is 11.5. The number of Topliss-reactive ketones (excluding diaryl/α,β-unsaturated/α-hetero) is 1. The molecule has 1 unspecified atom stereocenters. The number of ketones is 1. The largest absolute Gasteiger partial charge is 0.497 e. The first kappa shape index (κ1) is 24.8. The highest BCUT2D eigenvalue weighted by atomic mass is 16.5. The van der Waals surface area contributed by atoms with Crippen LogP contribution in [0.5, 0.6) is 11.5 Å². The van der Waals surface area contributed by atoms with Crippen molar-refractivity contribution < 1.29 is 19.0 Å². The fourth-order valence-corrected chi connectivity index (χ4v) is 4.39. The van der Waals surface area contributed by atoms with E-state index in [1.807, 2.05) is 48.5 Å². The summed E-state index contributed by atoms with van der Waals surface area (Å²) in [6.45, 7) is 10.9. The van der Waals surface area contributed by atoms with Gasteiger partial charge in [0.15, 0.2) is 5.78 Å². The maximum absolute atomic E-state index is 13.3. The van der Waals surface area contributed by atoms with Crippen molar-refractivity contribution in [2.45, 2.75) is 25.4 Å². The Bertz CT molecular complexity index is 855. The maximum Gasteiger partial charge on any atom is 0.180 e. The van der Waals surface area contributed by atoms with Crippen LogP contribution in [0, 0.1) is 0 Å². The van der Waals surface area contributed by atoms with E-state index in [2.05, 4.69) is 23.3 Å². The van der Waals surface area contributed by atoms with Gasteiger partial charge in [-0.25, -0.2) is 0 Å². The number of rotatable bonds is 11. The van der Waals surface area contributed by atoms with Crippen LogP contribution >= 0.6 is 0 Å². The molecule has 6 heteroatoms. The average molecular weight is 453 g/mol. The van der Waals surface area contributed by atoms with Gasteiger partial charge in [0.05, 0.1) is 26.0 Å². The number of hydrogen-bond donors (Lipinski definition) is 0. The second-order valence-electron chi connectivity index (χ2n) is 8.29. The Kier molecular flexibility index (Phi) is 8.92. The lowest BCUT2D eigenvalue weighted by molar-refractivity contribution is -0.119. The summed E-state index contributed by atoms with van der Waals surface area (Å²) in [5.41, 5.74) is 2.70. The Balaban J connectivity index is 1.82. The fourth-order valence-electron chi connectivity index (χ4n) is 4.39. The van der Waals surface area contributed by atoms with Gasteiger partial charge in [-0.15, -0.1) is 0 Å². The summed E-state index contributed by atoms with van der Waals surface area (Å²) in [6, 6.07) is 15.9. The van der Waals surface area contributed by atoms with E-state index < -0.39 is 0 Å². The predicted molar refractivity (Wildman–Crippen MR) is 131 cm³/mol. The number of likely N-dealkylation sites (N-methyl/N-ethyl adjacent to an activating group) is 1. The molecule has 0 aromatic heterocycles. The predicted octanol–water partition coefficient (Wildman–Crippen LogP) is 3.96. The number of ether oxygens (including phenoxy) is 3. The molecule has 33 heavy (non-hydrogen) atoms. The number of methoxy groups -OCH3 is 3. The molecule has 1 heterocycles. The van der Waals surface area contributed by atoms with Crippen molar-refractivity contribution >= 4 is 5.78 Å². The highest BCUT2D eigenvalue weighted by Crippen LogP contribution is 2.34. The number of benzene rings is 2. The quantitative estimate of drug-likeness (QED) is 0.481. The Morgan fingerprint density at radius 2 is 1.36 bits per heavy atom. The van der Waals surface area contributed by atoms with Crippen LogP contribution in [0.15, 0.2) is 60.8 Å². The van der Waals surface area contributed by atoms with E-state index in [0.29, 0.717) is 5.70 Å². The molecule has 0 N–H and O–H groups in total. The van der Waals surface area contributed by atoms with Gasteiger partial charge < -0.3 is 24.0 Å². The molecule has 3 rings (SSSR count). The van der Waals surface area contributed by atoms with Gasteiger partial charge in [0.25, 0.3) is 0 Å². The highest BCUT2D eigenvalue weighted by molar-refractivity contribution is 5.94. The minimum Gasteiger partial charge on any atom is -0.497 e. The smallest absolute Gasteiger partial charge is 0.180 e. The number of allylic oxidation sites excluding steroid dienone is 1. The van der Waals surface area contributed by atoms with Crippen LogP contribution in [0.1, 0.15) is 30.4 Å². The molecule has 0 aliphatic carbocycles. The van der Waals surface area contributed by atoms with Crippen molar-refractivity contribution in [1.82, 2.24) is 9.80 Å². The lowest BCUT2D eigenvalue weighted by Crippen LogP contribution is -2.46. The molecular formula is C27H36N2O4. The van der Waals surface area contributed by atoms with E-state index in [9.17, 15) is 4.79 Å². The van der Waals surface area contributed by atoms with Gasteiger partial charge in [-0.1, -0.05) is 37.8 Å². The van der Waals surface area contributed by atoms with E-state index >= 15 is 0 Å². The molecule has 0 spiro atoms. The summed E-state index contributed by atoms with van der Waals surface area (Å²) in [5.74, 6) is 1.48. The zero-order valence-electron chi connectivity index (χ0n) is 20.3. The molecule has 1 fully saturated rings. The van der Waals surface area contributed by atoms with Crippen molar-refractivity contribution in [3.8, 4) is 11.5 Å². The van der Waals surface area contributed by atoms with Gasteiger partial charge in [-0.05, 0) is 41.9 Å². The van der Waals surface area contributed by atoms with E-state index in [4.69, 9.17) is 14.2 Å². The summed E-state index contributed by atoms with van der Waals surface area (Å²) in [4.78, 5) is 17.7. The van der Waals surface area contributed by atoms with Crippen LogP contribution in [0.25, 0.3) is 0 Å². The number of carbonyl (C=O) groups is 1. The van der Waals surface area contributed by atoms with Crippen molar-refractivity contribution in [2.24, 2.45) is 0 Å². The minimum atomic E-state index is -0.340. The third-order valence-electron chi connectivity index (χ3n) is 6.53. The first-order valence-corrected chi connectivity index (χ1v) is 11.5. The molecule has 1 atom stereocenters. The van der Waals surface area contributed by atoms with E-state index in [0.717, 1.165) is 55.3 Å². The lowest BCUT2D eigenvalue weighted by atomic mass is 9.84. The highest BCUT2D eigenvalue weighted by Gasteiger charge is 2.30. The van der Waals surface area contributed by atoms with Gasteiger partial charge in [0.2, 0.25) is 0 Å². The van der Waals surface area contributed by atoms with Crippen molar-refractivity contribution in [2.75, 3.05) is 54.1 Å². The Morgan fingerprint density at radius 1 is 0.879 bits per heavy atom. The van der Waals surface area contributed by atoms with E-state index in [1.165, 1.54) is 0 Å². The van der Waals surface area contributed by atoms with Crippen LogP contribution in [0.2, 0.25) is 0 Å². The second kappa shape index (κ2) is 11.9. The summed E-state index contributed by atoms with van der Waals surface area (Å²) in [6.07, 6.45) is -0.0838. The zero-order chi connectivity index (χ0) is 23.8. The van der Waals surface area contributed by atoms with Crippen LogP contribution in [-0.2, 0) is 9.53 Å². The monoisotopic (exact) mass is 452 g/mol. The Hall–Kier alpha value is -2.83. The zero-order valence-corrected chi connectivity index (χ0v) is 20.3. The van der Waals surface area contributed by atoms with E-state index in [-0.39, 0.29) is 24.2 Å². The van der Waals surface area contributed by atoms with Crippen molar-refractivity contribution in [3.05, 3.63) is 71.9 Å². The molecule has 0 amide bonds. The molecule has 2 aromatic rings. The van der Waals surface area contributed by atoms with Crippen molar-refractivity contribution in [3.63, 3.8) is 0 Å². The molecular weight excluding hydrogens is 416 g/mol. The van der Waals surface area contributed by atoms with Gasteiger partial charge in [-0.3, -0.25) is 4.79 Å². The molecule has 178 valence electrons. The minimum absolute atomic E-state index is 0.0267. The number of nitrogens with zero attached hydrogens (tertiary/aromatic N) is 2. The Morgan fingerprint density at radius 3 is 1.76 bits per heavy atom. The maximum atomic E-state index is 13.3. The normalized spacial score (nSPS) is 15.4. The summed E-state index contributed by atoms with van der Waals surface area (Å²) in [5, 5.41) is 0. The topological polar surface area (TPSA) is 51.2 Å². The van der Waals surface area contributed by atoms with Gasteiger partial charge in [0, 0.05) is 45.6 Å². The molecule has 1 saturated heterocycles. The molecule has 6 nitrogen and oxygen atoms in total. The molecule has 0 bridgehead atoms. The van der Waals surface area contributed by atoms with Crippen LogP contribution in [0.3, 0.4) is 0 Å². The third kappa shape index (κ3) is 6.15. The van der Waals surface area contributed by atoms with Gasteiger partial charge in [-0.2, -0.15) is 0 Å².